The van der Waals surface area contributed by atoms with Crippen LogP contribution in [0, 0.1) is 0 Å². The SMILES string of the molecule is O=C(O)C=Cc1ccc(Oc2ccc(C=CC(=O)O)cc2)cc1. The third kappa shape index (κ3) is 5.51. The summed E-state index contributed by atoms with van der Waals surface area (Å²) in [4.78, 5) is 20.9. The van der Waals surface area contributed by atoms with Crippen molar-refractivity contribution < 1.29 is 24.5 Å². The highest BCUT2D eigenvalue weighted by Gasteiger charge is 1.98. The topological polar surface area (TPSA) is 83.8 Å². The average molecular weight is 310 g/mol. The Morgan fingerprint density at radius 2 is 1.04 bits per heavy atom. The Morgan fingerprint density at radius 1 is 0.696 bits per heavy atom. The van der Waals surface area contributed by atoms with E-state index in [1.54, 1.807) is 48.5 Å². The van der Waals surface area contributed by atoms with Crippen LogP contribution < -0.4 is 4.74 Å². The zero-order chi connectivity index (χ0) is 16.7. The van der Waals surface area contributed by atoms with Crippen LogP contribution in [0.25, 0.3) is 12.2 Å². The molecule has 0 fully saturated rings. The lowest BCUT2D eigenvalue weighted by Crippen LogP contribution is -1.87. The van der Waals surface area contributed by atoms with Gasteiger partial charge < -0.3 is 14.9 Å². The molecule has 0 unspecified atom stereocenters. The summed E-state index contributed by atoms with van der Waals surface area (Å²) in [5.74, 6) is -0.762. The molecule has 0 saturated heterocycles. The predicted octanol–water partition coefficient (Wildman–Crippen LogP) is 3.67. The number of carbonyl (C=O) groups is 2. The van der Waals surface area contributed by atoms with E-state index in [0.717, 1.165) is 23.3 Å². The van der Waals surface area contributed by atoms with Gasteiger partial charge in [-0.3, -0.25) is 0 Å². The van der Waals surface area contributed by atoms with Crippen molar-refractivity contribution in [2.75, 3.05) is 0 Å². The van der Waals surface area contributed by atoms with Crippen molar-refractivity contribution in [3.63, 3.8) is 0 Å². The van der Waals surface area contributed by atoms with Crippen LogP contribution >= 0.6 is 0 Å². The maximum Gasteiger partial charge on any atom is 0.328 e. The first kappa shape index (κ1) is 16.0. The molecule has 116 valence electrons. The van der Waals surface area contributed by atoms with E-state index in [1.807, 2.05) is 0 Å². The van der Waals surface area contributed by atoms with Crippen molar-refractivity contribution in [3.8, 4) is 11.5 Å². The van der Waals surface area contributed by atoms with Gasteiger partial charge in [0, 0.05) is 12.2 Å². The number of rotatable bonds is 6. The molecule has 2 rings (SSSR count). The number of hydrogen-bond acceptors (Lipinski definition) is 3. The molecule has 0 aliphatic heterocycles. The molecule has 0 amide bonds. The predicted molar refractivity (Wildman–Crippen MR) is 86.3 cm³/mol. The molecule has 5 nitrogen and oxygen atoms in total. The molecule has 2 N–H and O–H groups in total. The highest BCUT2D eigenvalue weighted by atomic mass is 16.5. The van der Waals surface area contributed by atoms with Gasteiger partial charge in [0.15, 0.2) is 0 Å². The third-order valence-corrected chi connectivity index (χ3v) is 2.83. The van der Waals surface area contributed by atoms with Crippen LogP contribution in [0.2, 0.25) is 0 Å². The standard InChI is InChI=1S/C18H14O5/c19-17(20)11-5-13-1-7-15(8-2-13)23-16-9-3-14(4-10-16)6-12-18(21)22/h1-12H,(H,19,20)(H,21,22). The summed E-state index contributed by atoms with van der Waals surface area (Å²) in [6.07, 6.45) is 5.13. The zero-order valence-corrected chi connectivity index (χ0v) is 12.0. The molecule has 0 aliphatic rings. The van der Waals surface area contributed by atoms with Crippen molar-refractivity contribution in [1.82, 2.24) is 0 Å². The third-order valence-electron chi connectivity index (χ3n) is 2.83. The van der Waals surface area contributed by atoms with Crippen molar-refractivity contribution in [1.29, 1.82) is 0 Å². The quantitative estimate of drug-likeness (QED) is 0.795. The minimum absolute atomic E-state index is 0.617. The maximum atomic E-state index is 10.4. The number of aliphatic carboxylic acids is 2. The van der Waals surface area contributed by atoms with Gasteiger partial charge in [-0.2, -0.15) is 0 Å². The van der Waals surface area contributed by atoms with Gasteiger partial charge in [-0.15, -0.1) is 0 Å². The van der Waals surface area contributed by atoms with Gasteiger partial charge in [0.1, 0.15) is 11.5 Å². The van der Waals surface area contributed by atoms with Crippen LogP contribution in [0.1, 0.15) is 11.1 Å². The fourth-order valence-corrected chi connectivity index (χ4v) is 1.77. The zero-order valence-electron chi connectivity index (χ0n) is 12.0. The summed E-state index contributed by atoms with van der Waals surface area (Å²) >= 11 is 0. The second-order valence-corrected chi connectivity index (χ2v) is 4.58. The van der Waals surface area contributed by atoms with Gasteiger partial charge >= 0.3 is 11.9 Å². The van der Waals surface area contributed by atoms with E-state index in [9.17, 15) is 9.59 Å². The maximum absolute atomic E-state index is 10.4. The molecule has 0 saturated carbocycles. The van der Waals surface area contributed by atoms with Crippen LogP contribution in [0.5, 0.6) is 11.5 Å². The van der Waals surface area contributed by atoms with E-state index >= 15 is 0 Å². The average Bonchev–Trinajstić information content (AvgIpc) is 2.53. The number of benzene rings is 2. The molecule has 2 aromatic rings. The summed E-state index contributed by atoms with van der Waals surface area (Å²) in [7, 11) is 0. The first-order valence-corrected chi connectivity index (χ1v) is 6.73. The molecule has 0 bridgehead atoms. The Hall–Kier alpha value is -3.34. The molecule has 23 heavy (non-hydrogen) atoms. The van der Waals surface area contributed by atoms with E-state index in [2.05, 4.69) is 0 Å². The van der Waals surface area contributed by atoms with Gasteiger partial charge in [-0.05, 0) is 47.5 Å². The van der Waals surface area contributed by atoms with Crippen molar-refractivity contribution in [3.05, 3.63) is 71.8 Å². The Bertz CT molecular complexity index is 674. The fourth-order valence-electron chi connectivity index (χ4n) is 1.77. The molecule has 2 aromatic carbocycles. The summed E-state index contributed by atoms with van der Waals surface area (Å²) in [6, 6.07) is 13.9. The number of carboxylic acid groups (broad SMARTS) is 2. The van der Waals surface area contributed by atoms with Crippen LogP contribution in [0.4, 0.5) is 0 Å². The fraction of sp³-hybridized carbons (Fsp3) is 0. The van der Waals surface area contributed by atoms with Gasteiger partial charge in [0.25, 0.3) is 0 Å². The number of hydrogen-bond donors (Lipinski definition) is 2. The lowest BCUT2D eigenvalue weighted by molar-refractivity contribution is -0.132. The second-order valence-electron chi connectivity index (χ2n) is 4.58. The largest absolute Gasteiger partial charge is 0.478 e. The first-order valence-electron chi connectivity index (χ1n) is 6.73. The summed E-state index contributed by atoms with van der Waals surface area (Å²) in [5.41, 5.74) is 1.52. The van der Waals surface area contributed by atoms with Gasteiger partial charge in [-0.25, -0.2) is 9.59 Å². The van der Waals surface area contributed by atoms with E-state index in [4.69, 9.17) is 14.9 Å². The second kappa shape index (κ2) is 7.61. The molecule has 0 spiro atoms. The Labute approximate surface area is 132 Å². The molecule has 0 radical (unpaired) electrons. The van der Waals surface area contributed by atoms with E-state index in [0.29, 0.717) is 11.5 Å². The first-order chi connectivity index (χ1) is 11.0. The van der Waals surface area contributed by atoms with Crippen molar-refractivity contribution in [2.24, 2.45) is 0 Å². The van der Waals surface area contributed by atoms with E-state index in [1.165, 1.54) is 12.2 Å². The molecule has 0 aromatic heterocycles. The van der Waals surface area contributed by atoms with Crippen LogP contribution in [-0.2, 0) is 9.59 Å². The summed E-state index contributed by atoms with van der Waals surface area (Å²) in [5, 5.41) is 17.1. The molecular weight excluding hydrogens is 296 g/mol. The highest BCUT2D eigenvalue weighted by molar-refractivity contribution is 5.85. The van der Waals surface area contributed by atoms with Crippen LogP contribution in [0.3, 0.4) is 0 Å². The molecule has 0 atom stereocenters. The minimum atomic E-state index is -0.998. The number of ether oxygens (including phenoxy) is 1. The van der Waals surface area contributed by atoms with Crippen LogP contribution in [0.15, 0.2) is 60.7 Å². The molecule has 0 aliphatic carbocycles. The van der Waals surface area contributed by atoms with Crippen molar-refractivity contribution in [2.45, 2.75) is 0 Å². The molecule has 5 heteroatoms. The number of carboxylic acids is 2. The summed E-state index contributed by atoms with van der Waals surface area (Å²) < 4.78 is 5.66. The monoisotopic (exact) mass is 310 g/mol. The summed E-state index contributed by atoms with van der Waals surface area (Å²) in [6.45, 7) is 0. The smallest absolute Gasteiger partial charge is 0.328 e. The van der Waals surface area contributed by atoms with Gasteiger partial charge in [-0.1, -0.05) is 24.3 Å². The normalized spacial score (nSPS) is 11.0. The lowest BCUT2D eigenvalue weighted by Gasteiger charge is -2.06. The Morgan fingerprint density at radius 3 is 1.35 bits per heavy atom. The van der Waals surface area contributed by atoms with Gasteiger partial charge in [0.05, 0.1) is 0 Å². The van der Waals surface area contributed by atoms with E-state index < -0.39 is 11.9 Å². The highest BCUT2D eigenvalue weighted by Crippen LogP contribution is 2.22. The minimum Gasteiger partial charge on any atom is -0.478 e. The Balaban J connectivity index is 2.01. The van der Waals surface area contributed by atoms with Crippen molar-refractivity contribution >= 4 is 24.1 Å². The van der Waals surface area contributed by atoms with E-state index in [-0.39, 0.29) is 0 Å². The molecular formula is C18H14O5. The molecule has 0 heterocycles. The van der Waals surface area contributed by atoms with Crippen LogP contribution in [-0.4, -0.2) is 22.2 Å². The lowest BCUT2D eigenvalue weighted by atomic mass is 10.2. The Kier molecular flexibility index (Phi) is 5.30. The van der Waals surface area contributed by atoms with Gasteiger partial charge in [0.2, 0.25) is 0 Å².